The lowest BCUT2D eigenvalue weighted by molar-refractivity contribution is 0.0987. The summed E-state index contributed by atoms with van der Waals surface area (Å²) in [4.78, 5) is 18.7. The fourth-order valence-corrected chi connectivity index (χ4v) is 2.65. The molecule has 0 fully saturated rings. The van der Waals surface area contributed by atoms with E-state index in [1.807, 2.05) is 22.9 Å². The summed E-state index contributed by atoms with van der Waals surface area (Å²) < 4.78 is 7.65. The van der Waals surface area contributed by atoms with E-state index in [0.717, 1.165) is 5.82 Å². The van der Waals surface area contributed by atoms with Crippen LogP contribution in [0.5, 0.6) is 11.5 Å². The second-order valence-corrected chi connectivity index (χ2v) is 5.16. The summed E-state index contributed by atoms with van der Waals surface area (Å²) in [5.74, 6) is 1.83. The highest BCUT2D eigenvalue weighted by molar-refractivity contribution is 6.07. The van der Waals surface area contributed by atoms with E-state index in [1.54, 1.807) is 47.8 Å². The summed E-state index contributed by atoms with van der Waals surface area (Å²) >= 11 is 0. The van der Waals surface area contributed by atoms with Gasteiger partial charge in [0.2, 0.25) is 0 Å². The lowest BCUT2D eigenvalue weighted by Gasteiger charge is -2.17. The molecule has 4 rings (SSSR count). The minimum atomic E-state index is -0.0938. The molecule has 1 aliphatic heterocycles. The highest BCUT2D eigenvalue weighted by atomic mass is 16.5. The molecule has 0 saturated carbocycles. The molecule has 1 aliphatic rings. The Morgan fingerprint density at radius 3 is 2.83 bits per heavy atom. The van der Waals surface area contributed by atoms with Crippen molar-refractivity contribution in [2.75, 3.05) is 11.4 Å². The van der Waals surface area contributed by atoms with E-state index in [4.69, 9.17) is 4.74 Å². The normalized spacial score (nSPS) is 13.0. The van der Waals surface area contributed by atoms with Crippen molar-refractivity contribution in [1.82, 2.24) is 14.8 Å². The lowest BCUT2D eigenvalue weighted by Crippen LogP contribution is -2.29. The first-order chi connectivity index (χ1) is 11.3. The van der Waals surface area contributed by atoms with Crippen LogP contribution in [0.3, 0.4) is 0 Å². The molecule has 0 spiro atoms. The maximum absolute atomic E-state index is 12.9. The second-order valence-electron chi connectivity index (χ2n) is 5.16. The number of hydrogen-bond donors (Lipinski definition) is 0. The van der Waals surface area contributed by atoms with E-state index < -0.39 is 0 Å². The molecule has 3 heterocycles. The Hall–Kier alpha value is -3.15. The highest BCUT2D eigenvalue weighted by Gasteiger charge is 2.27. The van der Waals surface area contributed by atoms with E-state index in [9.17, 15) is 4.79 Å². The van der Waals surface area contributed by atoms with E-state index in [1.165, 1.54) is 0 Å². The Balaban J connectivity index is 1.66. The number of carbonyl (C=O) groups is 1. The largest absolute Gasteiger partial charge is 0.455 e. The van der Waals surface area contributed by atoms with Crippen LogP contribution in [0.25, 0.3) is 0 Å². The van der Waals surface area contributed by atoms with Gasteiger partial charge < -0.3 is 4.74 Å². The van der Waals surface area contributed by atoms with Gasteiger partial charge in [0.1, 0.15) is 17.3 Å². The second kappa shape index (κ2) is 5.57. The van der Waals surface area contributed by atoms with E-state index in [2.05, 4.69) is 10.1 Å². The molecule has 3 aromatic rings. The number of amides is 1. The zero-order chi connectivity index (χ0) is 15.6. The third-order valence-electron chi connectivity index (χ3n) is 3.73. The number of benzene rings is 1. The third kappa shape index (κ3) is 2.44. The molecule has 0 radical (unpaired) electrons. The number of ether oxygens (including phenoxy) is 1. The first kappa shape index (κ1) is 13.5. The summed E-state index contributed by atoms with van der Waals surface area (Å²) in [6, 6.07) is 12.7. The number of rotatable bonds is 3. The molecule has 0 bridgehead atoms. The van der Waals surface area contributed by atoms with Crippen LogP contribution >= 0.6 is 0 Å². The molecule has 0 saturated heterocycles. The van der Waals surface area contributed by atoms with E-state index in [0.29, 0.717) is 30.2 Å². The number of nitrogens with zero attached hydrogens (tertiary/aromatic N) is 4. The molecule has 1 amide bonds. The first-order valence-corrected chi connectivity index (χ1v) is 7.33. The van der Waals surface area contributed by atoms with Crippen molar-refractivity contribution < 1.29 is 9.53 Å². The van der Waals surface area contributed by atoms with Crippen molar-refractivity contribution >= 4 is 11.7 Å². The average Bonchev–Trinajstić information content (AvgIpc) is 3.19. The molecule has 0 aliphatic carbocycles. The summed E-state index contributed by atoms with van der Waals surface area (Å²) in [5.41, 5.74) is 0.519. The lowest BCUT2D eigenvalue weighted by atomic mass is 10.1. The fourth-order valence-electron chi connectivity index (χ4n) is 2.65. The minimum Gasteiger partial charge on any atom is -0.455 e. The van der Waals surface area contributed by atoms with Gasteiger partial charge in [-0.25, -0.2) is 4.68 Å². The summed E-state index contributed by atoms with van der Waals surface area (Å²) in [6.45, 7) is 1.32. The van der Waals surface area contributed by atoms with Gasteiger partial charge in [0.25, 0.3) is 5.91 Å². The third-order valence-corrected chi connectivity index (χ3v) is 3.73. The molecule has 0 N–H and O–H groups in total. The molecule has 1 aromatic carbocycles. The van der Waals surface area contributed by atoms with Crippen LogP contribution in [-0.4, -0.2) is 27.2 Å². The van der Waals surface area contributed by atoms with Crippen molar-refractivity contribution in [2.45, 2.75) is 6.54 Å². The van der Waals surface area contributed by atoms with Crippen molar-refractivity contribution in [3.8, 4) is 11.5 Å². The van der Waals surface area contributed by atoms with Gasteiger partial charge in [0.05, 0.1) is 24.5 Å². The van der Waals surface area contributed by atoms with Gasteiger partial charge in [-0.3, -0.25) is 14.7 Å². The molecule has 0 unspecified atom stereocenters. The molecule has 114 valence electrons. The van der Waals surface area contributed by atoms with Gasteiger partial charge in [0.15, 0.2) is 0 Å². The predicted octanol–water partition coefficient (Wildman–Crippen LogP) is 2.73. The van der Waals surface area contributed by atoms with Crippen molar-refractivity contribution in [1.29, 1.82) is 0 Å². The van der Waals surface area contributed by atoms with Crippen molar-refractivity contribution in [3.05, 3.63) is 66.6 Å². The Bertz CT molecular complexity index is 845. The maximum Gasteiger partial charge on any atom is 0.263 e. The molecule has 2 aromatic heterocycles. The van der Waals surface area contributed by atoms with Gasteiger partial charge in [-0.15, -0.1) is 0 Å². The number of fused-ring (bicyclic) bond motifs is 1. The average molecular weight is 306 g/mol. The number of anilines is 1. The summed E-state index contributed by atoms with van der Waals surface area (Å²) in [7, 11) is 0. The Morgan fingerprint density at radius 2 is 1.96 bits per heavy atom. The van der Waals surface area contributed by atoms with Crippen LogP contribution in [0.15, 0.2) is 61.1 Å². The molecular weight excluding hydrogens is 292 g/mol. The summed E-state index contributed by atoms with van der Waals surface area (Å²) in [6.07, 6.45) is 4.99. The topological polar surface area (TPSA) is 60.2 Å². The van der Waals surface area contributed by atoms with Crippen LogP contribution in [0.4, 0.5) is 5.82 Å². The molecule has 6 nitrogen and oxygen atoms in total. The number of carbonyl (C=O) groups excluding carboxylic acids is 1. The van der Waals surface area contributed by atoms with E-state index in [-0.39, 0.29) is 5.91 Å². The van der Waals surface area contributed by atoms with Crippen LogP contribution in [0.2, 0.25) is 0 Å². The van der Waals surface area contributed by atoms with Crippen LogP contribution in [0, 0.1) is 0 Å². The van der Waals surface area contributed by atoms with Crippen LogP contribution in [-0.2, 0) is 6.54 Å². The molecule has 23 heavy (non-hydrogen) atoms. The summed E-state index contributed by atoms with van der Waals surface area (Å²) in [5, 5.41) is 4.20. The van der Waals surface area contributed by atoms with Gasteiger partial charge in [-0.1, -0.05) is 12.1 Å². The van der Waals surface area contributed by atoms with Gasteiger partial charge in [0, 0.05) is 18.8 Å². The van der Waals surface area contributed by atoms with Gasteiger partial charge >= 0.3 is 0 Å². The van der Waals surface area contributed by atoms with E-state index >= 15 is 0 Å². The number of aromatic nitrogens is 3. The Kier molecular flexibility index (Phi) is 3.27. The zero-order valence-electron chi connectivity index (χ0n) is 12.3. The fraction of sp³-hybridized carbons (Fsp3) is 0.118. The number of pyridine rings is 1. The predicted molar refractivity (Wildman–Crippen MR) is 84.7 cm³/mol. The van der Waals surface area contributed by atoms with Crippen molar-refractivity contribution in [3.63, 3.8) is 0 Å². The monoisotopic (exact) mass is 306 g/mol. The molecule has 6 heteroatoms. The standard InChI is InChI=1S/C17H14N4O2/c22-17(20-10-11-21-16(20)7-9-19-21)14-5-1-2-6-15(14)23-13-4-3-8-18-12-13/h1-9,12H,10-11H2. The minimum absolute atomic E-state index is 0.0938. The first-order valence-electron chi connectivity index (χ1n) is 7.33. The van der Waals surface area contributed by atoms with Gasteiger partial charge in [-0.05, 0) is 24.3 Å². The van der Waals surface area contributed by atoms with Crippen LogP contribution in [0.1, 0.15) is 10.4 Å². The van der Waals surface area contributed by atoms with Gasteiger partial charge in [-0.2, -0.15) is 5.10 Å². The zero-order valence-corrected chi connectivity index (χ0v) is 12.3. The highest BCUT2D eigenvalue weighted by Crippen LogP contribution is 2.29. The quantitative estimate of drug-likeness (QED) is 0.746. The number of para-hydroxylation sites is 1. The van der Waals surface area contributed by atoms with Crippen LogP contribution < -0.4 is 9.64 Å². The molecule has 0 atom stereocenters. The number of hydrogen-bond acceptors (Lipinski definition) is 4. The Labute approximate surface area is 132 Å². The maximum atomic E-state index is 12.9. The Morgan fingerprint density at radius 1 is 1.04 bits per heavy atom. The molecular formula is C17H14N4O2. The van der Waals surface area contributed by atoms with Crippen molar-refractivity contribution in [2.24, 2.45) is 0 Å². The smallest absolute Gasteiger partial charge is 0.263 e. The SMILES string of the molecule is O=C(c1ccccc1Oc1cccnc1)N1CCn2nccc21.